The lowest BCUT2D eigenvalue weighted by Gasteiger charge is -2.09. The first-order chi connectivity index (χ1) is 9.49. The van der Waals surface area contributed by atoms with Crippen molar-refractivity contribution in [2.24, 2.45) is 0 Å². The predicted octanol–water partition coefficient (Wildman–Crippen LogP) is 4.61. The minimum absolute atomic E-state index is 0.171. The van der Waals surface area contributed by atoms with Gasteiger partial charge in [-0.25, -0.2) is 0 Å². The van der Waals surface area contributed by atoms with Crippen molar-refractivity contribution in [3.8, 4) is 0 Å². The Balaban J connectivity index is 2.21. The summed E-state index contributed by atoms with van der Waals surface area (Å²) in [6, 6.07) is 11.0. The number of anilines is 2. The van der Waals surface area contributed by atoms with E-state index in [0.29, 0.717) is 16.9 Å². The summed E-state index contributed by atoms with van der Waals surface area (Å²) in [5.74, 6) is -0.171. The molecule has 0 fully saturated rings. The Hall–Kier alpha value is -1.33. The van der Waals surface area contributed by atoms with Crippen molar-refractivity contribution in [3.63, 3.8) is 0 Å². The minimum Gasteiger partial charge on any atom is -0.398 e. The molecule has 2 aromatic rings. The highest BCUT2D eigenvalue weighted by Gasteiger charge is 2.09. The van der Waals surface area contributed by atoms with Crippen LogP contribution in [0.3, 0.4) is 0 Å². The van der Waals surface area contributed by atoms with Gasteiger partial charge in [0, 0.05) is 25.9 Å². The van der Waals surface area contributed by atoms with Crippen LogP contribution in [0.25, 0.3) is 0 Å². The number of rotatable bonds is 3. The molecule has 0 atom stereocenters. The summed E-state index contributed by atoms with van der Waals surface area (Å²) in [7, 11) is 0. The van der Waals surface area contributed by atoms with Crippen LogP contribution in [-0.4, -0.2) is 5.91 Å². The summed E-state index contributed by atoms with van der Waals surface area (Å²) in [5, 5.41) is 2.84. The zero-order chi connectivity index (χ0) is 14.7. The van der Waals surface area contributed by atoms with E-state index >= 15 is 0 Å². The van der Waals surface area contributed by atoms with Crippen molar-refractivity contribution in [3.05, 3.63) is 56.5 Å². The number of aryl methyl sites for hydroxylation is 1. The van der Waals surface area contributed by atoms with E-state index in [1.165, 1.54) is 0 Å². The van der Waals surface area contributed by atoms with E-state index in [1.807, 2.05) is 25.1 Å². The van der Waals surface area contributed by atoms with Crippen molar-refractivity contribution in [1.82, 2.24) is 0 Å². The van der Waals surface area contributed by atoms with Crippen LogP contribution in [0.15, 0.2) is 45.3 Å². The molecule has 20 heavy (non-hydrogen) atoms. The lowest BCUT2D eigenvalue weighted by atomic mass is 10.1. The molecule has 5 heteroatoms. The molecule has 0 aliphatic carbocycles. The van der Waals surface area contributed by atoms with Crippen LogP contribution < -0.4 is 11.1 Å². The third-order valence-electron chi connectivity index (χ3n) is 2.91. The van der Waals surface area contributed by atoms with Crippen LogP contribution in [0.4, 0.5) is 11.4 Å². The number of nitrogens with one attached hydrogen (secondary N) is 1. The second-order valence-corrected chi connectivity index (χ2v) is 6.21. The summed E-state index contributed by atoms with van der Waals surface area (Å²) in [4.78, 5) is 12.2. The van der Waals surface area contributed by atoms with Gasteiger partial charge in [0.1, 0.15) is 0 Å². The average molecular weight is 398 g/mol. The van der Waals surface area contributed by atoms with Gasteiger partial charge in [0.25, 0.3) is 5.91 Å². The monoisotopic (exact) mass is 396 g/mol. The fourth-order valence-corrected chi connectivity index (χ4v) is 3.18. The Morgan fingerprint density at radius 3 is 2.35 bits per heavy atom. The number of halogens is 2. The number of amides is 1. The normalized spacial score (nSPS) is 10.3. The summed E-state index contributed by atoms with van der Waals surface area (Å²) in [5.41, 5.74) is 8.97. The predicted molar refractivity (Wildman–Crippen MR) is 90.0 cm³/mol. The van der Waals surface area contributed by atoms with Crippen LogP contribution in [0.1, 0.15) is 22.8 Å². The average Bonchev–Trinajstić information content (AvgIpc) is 2.37. The third kappa shape index (κ3) is 3.61. The Bertz CT molecular complexity index is 636. The summed E-state index contributed by atoms with van der Waals surface area (Å²) >= 11 is 6.73. The molecule has 2 aromatic carbocycles. The number of carbonyl (C=O) groups excluding carboxylic acids is 1. The van der Waals surface area contributed by atoms with Gasteiger partial charge in [0.15, 0.2) is 0 Å². The van der Waals surface area contributed by atoms with Crippen molar-refractivity contribution in [2.45, 2.75) is 13.3 Å². The molecule has 0 heterocycles. The molecule has 0 radical (unpaired) electrons. The number of benzene rings is 2. The lowest BCUT2D eigenvalue weighted by Crippen LogP contribution is -2.12. The van der Waals surface area contributed by atoms with Crippen LogP contribution in [0.2, 0.25) is 0 Å². The Labute approximate surface area is 134 Å². The highest BCUT2D eigenvalue weighted by atomic mass is 79.9. The molecule has 0 saturated heterocycles. The highest BCUT2D eigenvalue weighted by molar-refractivity contribution is 9.11. The van der Waals surface area contributed by atoms with Crippen LogP contribution in [-0.2, 0) is 6.42 Å². The van der Waals surface area contributed by atoms with E-state index in [4.69, 9.17) is 5.73 Å². The number of nitrogen functional groups attached to an aromatic ring is 1. The van der Waals surface area contributed by atoms with E-state index in [-0.39, 0.29) is 5.91 Å². The van der Waals surface area contributed by atoms with Crippen molar-refractivity contribution in [1.29, 1.82) is 0 Å². The van der Waals surface area contributed by atoms with Gasteiger partial charge in [0.05, 0.1) is 0 Å². The van der Waals surface area contributed by atoms with E-state index in [0.717, 1.165) is 20.9 Å². The first-order valence-electron chi connectivity index (χ1n) is 6.15. The minimum atomic E-state index is -0.171. The fraction of sp³-hybridized carbons (Fsp3) is 0.133. The largest absolute Gasteiger partial charge is 0.398 e. The number of hydrogen-bond acceptors (Lipinski definition) is 2. The Morgan fingerprint density at radius 2 is 1.80 bits per heavy atom. The summed E-state index contributed by atoms with van der Waals surface area (Å²) in [6.07, 6.45) is 0.874. The van der Waals surface area contributed by atoms with Crippen LogP contribution in [0.5, 0.6) is 0 Å². The van der Waals surface area contributed by atoms with Gasteiger partial charge < -0.3 is 11.1 Å². The van der Waals surface area contributed by atoms with Crippen molar-refractivity contribution < 1.29 is 4.79 Å². The SMILES string of the molecule is CCc1ccc(NC(=O)c2cc(Br)cc(Br)c2)cc1N. The molecule has 2 rings (SSSR count). The molecule has 104 valence electrons. The first kappa shape index (κ1) is 15.1. The van der Waals surface area contributed by atoms with Gasteiger partial charge in [-0.05, 0) is 42.3 Å². The lowest BCUT2D eigenvalue weighted by molar-refractivity contribution is 0.102. The third-order valence-corrected chi connectivity index (χ3v) is 3.83. The Morgan fingerprint density at radius 1 is 1.15 bits per heavy atom. The van der Waals surface area contributed by atoms with Gasteiger partial charge in [-0.3, -0.25) is 4.79 Å². The molecule has 0 aliphatic heterocycles. The van der Waals surface area contributed by atoms with Crippen LogP contribution in [0, 0.1) is 0 Å². The van der Waals surface area contributed by atoms with Crippen molar-refractivity contribution >= 4 is 49.1 Å². The standard InChI is InChI=1S/C15H14Br2N2O/c1-2-9-3-4-13(8-14(9)18)19-15(20)10-5-11(16)7-12(17)6-10/h3-8H,2,18H2,1H3,(H,19,20). The van der Waals surface area contributed by atoms with E-state index in [9.17, 15) is 4.79 Å². The van der Waals surface area contributed by atoms with Gasteiger partial charge in [-0.2, -0.15) is 0 Å². The zero-order valence-electron chi connectivity index (χ0n) is 10.9. The molecular formula is C15H14Br2N2O. The summed E-state index contributed by atoms with van der Waals surface area (Å²) < 4.78 is 1.69. The molecule has 0 aliphatic rings. The maximum atomic E-state index is 12.2. The quantitative estimate of drug-likeness (QED) is 0.743. The topological polar surface area (TPSA) is 55.1 Å². The zero-order valence-corrected chi connectivity index (χ0v) is 14.1. The number of carbonyl (C=O) groups is 1. The van der Waals surface area contributed by atoms with E-state index in [1.54, 1.807) is 18.2 Å². The molecule has 3 N–H and O–H groups in total. The smallest absolute Gasteiger partial charge is 0.255 e. The maximum Gasteiger partial charge on any atom is 0.255 e. The molecule has 0 spiro atoms. The molecule has 0 saturated carbocycles. The molecule has 3 nitrogen and oxygen atoms in total. The first-order valence-corrected chi connectivity index (χ1v) is 7.74. The molecule has 1 amide bonds. The second-order valence-electron chi connectivity index (χ2n) is 4.38. The number of hydrogen-bond donors (Lipinski definition) is 2. The van der Waals surface area contributed by atoms with E-state index in [2.05, 4.69) is 37.2 Å². The second kappa shape index (κ2) is 6.41. The highest BCUT2D eigenvalue weighted by Crippen LogP contribution is 2.22. The molecule has 0 aromatic heterocycles. The van der Waals surface area contributed by atoms with Gasteiger partial charge in [-0.1, -0.05) is 44.8 Å². The summed E-state index contributed by atoms with van der Waals surface area (Å²) in [6.45, 7) is 2.04. The van der Waals surface area contributed by atoms with Gasteiger partial charge in [0.2, 0.25) is 0 Å². The van der Waals surface area contributed by atoms with E-state index < -0.39 is 0 Å². The molecule has 0 unspecified atom stereocenters. The Kier molecular flexibility index (Phi) is 4.83. The fourth-order valence-electron chi connectivity index (χ4n) is 1.88. The van der Waals surface area contributed by atoms with Gasteiger partial charge in [-0.15, -0.1) is 0 Å². The van der Waals surface area contributed by atoms with Crippen molar-refractivity contribution in [2.75, 3.05) is 11.1 Å². The van der Waals surface area contributed by atoms with Crippen LogP contribution >= 0.6 is 31.9 Å². The molecular weight excluding hydrogens is 384 g/mol. The number of nitrogens with two attached hydrogens (primary N) is 1. The van der Waals surface area contributed by atoms with Gasteiger partial charge >= 0.3 is 0 Å². The maximum absolute atomic E-state index is 12.2. The molecule has 0 bridgehead atoms.